The van der Waals surface area contributed by atoms with E-state index in [4.69, 9.17) is 55.9 Å². The fourth-order valence-electron chi connectivity index (χ4n) is 1.80. The summed E-state index contributed by atoms with van der Waals surface area (Å²) in [6, 6.07) is 4.94. The predicted octanol–water partition coefficient (Wildman–Crippen LogP) is 4.68. The third-order valence-electron chi connectivity index (χ3n) is 2.83. The lowest BCUT2D eigenvalue weighted by Gasteiger charge is -2.09. The second kappa shape index (κ2) is 6.01. The highest BCUT2D eigenvalue weighted by molar-refractivity contribution is 6.52. The van der Waals surface area contributed by atoms with Crippen molar-refractivity contribution in [1.82, 2.24) is 4.98 Å². The molecule has 0 radical (unpaired) electrons. The lowest BCUT2D eigenvalue weighted by molar-refractivity contribution is 0.102. The fraction of sp³-hybridized carbons (Fsp3) is 0.0769. The first-order valence-corrected chi connectivity index (χ1v) is 7.39. The number of nitrogens with one attached hydrogen (secondary N) is 1. The summed E-state index contributed by atoms with van der Waals surface area (Å²) < 4.78 is 10.4. The molecule has 22 heavy (non-hydrogen) atoms. The summed E-state index contributed by atoms with van der Waals surface area (Å²) in [6.07, 6.45) is 0. The summed E-state index contributed by atoms with van der Waals surface area (Å²) in [6.45, 7) is 0.141. The van der Waals surface area contributed by atoms with E-state index in [1.807, 2.05) is 0 Å². The first-order chi connectivity index (χ1) is 10.5. The van der Waals surface area contributed by atoms with Crippen LogP contribution in [0.4, 0.5) is 5.69 Å². The number of nitrogens with zero attached hydrogens (tertiary/aromatic N) is 1. The maximum Gasteiger partial charge on any atom is 0.275 e. The number of hydrogen-bond donors (Lipinski definition) is 1. The molecule has 2 heterocycles. The molecule has 1 aromatic carbocycles. The lowest BCUT2D eigenvalue weighted by atomic mass is 10.2. The average molecular weight is 380 g/mol. The molecule has 0 fully saturated rings. The third-order valence-corrected chi connectivity index (χ3v) is 4.51. The minimum Gasteiger partial charge on any atom is -0.454 e. The maximum atomic E-state index is 12.3. The zero-order chi connectivity index (χ0) is 15.9. The molecule has 0 saturated heterocycles. The van der Waals surface area contributed by atoms with Gasteiger partial charge in [-0.1, -0.05) is 46.4 Å². The standard InChI is InChI=1S/C13H6Cl4N2O3/c14-8-9(15)11(19-12(17)10(8)16)13(20)18-5-1-2-6-7(3-5)22-4-21-6/h1-3H,4H2,(H,18,20). The Labute approximate surface area is 145 Å². The van der Waals surface area contributed by atoms with Gasteiger partial charge >= 0.3 is 0 Å². The second-order valence-corrected chi connectivity index (χ2v) is 5.71. The number of benzene rings is 1. The minimum atomic E-state index is -0.579. The van der Waals surface area contributed by atoms with Crippen LogP contribution in [0, 0.1) is 0 Å². The number of ether oxygens (including phenoxy) is 2. The highest BCUT2D eigenvalue weighted by Gasteiger charge is 2.21. The molecule has 1 aliphatic rings. The molecule has 0 spiro atoms. The van der Waals surface area contributed by atoms with Crippen molar-refractivity contribution in [2.75, 3.05) is 12.1 Å². The number of amides is 1. The smallest absolute Gasteiger partial charge is 0.275 e. The highest BCUT2D eigenvalue weighted by Crippen LogP contribution is 2.37. The van der Waals surface area contributed by atoms with Crippen LogP contribution in [0.25, 0.3) is 0 Å². The number of halogens is 4. The summed E-state index contributed by atoms with van der Waals surface area (Å²) in [7, 11) is 0. The molecule has 0 atom stereocenters. The van der Waals surface area contributed by atoms with Gasteiger partial charge in [-0.25, -0.2) is 4.98 Å². The molecule has 1 aromatic heterocycles. The van der Waals surface area contributed by atoms with Gasteiger partial charge in [0.2, 0.25) is 6.79 Å². The first kappa shape index (κ1) is 15.5. The van der Waals surface area contributed by atoms with Crippen LogP contribution in [-0.2, 0) is 0 Å². The number of carbonyl (C=O) groups is 1. The molecule has 0 unspecified atom stereocenters. The topological polar surface area (TPSA) is 60.5 Å². The summed E-state index contributed by atoms with van der Waals surface area (Å²) in [5.74, 6) is 0.556. The van der Waals surface area contributed by atoms with E-state index < -0.39 is 5.91 Å². The molecule has 2 aromatic rings. The number of aromatic nitrogens is 1. The molecule has 9 heteroatoms. The van der Waals surface area contributed by atoms with Gasteiger partial charge in [0.15, 0.2) is 11.5 Å². The Kier molecular flexibility index (Phi) is 4.23. The van der Waals surface area contributed by atoms with Crippen LogP contribution in [-0.4, -0.2) is 17.7 Å². The van der Waals surface area contributed by atoms with Crippen LogP contribution in [0.5, 0.6) is 11.5 Å². The van der Waals surface area contributed by atoms with Crippen LogP contribution in [0.15, 0.2) is 18.2 Å². The summed E-state index contributed by atoms with van der Waals surface area (Å²) >= 11 is 23.5. The average Bonchev–Trinajstić information content (AvgIpc) is 2.96. The Morgan fingerprint density at radius 2 is 1.77 bits per heavy atom. The number of pyridine rings is 1. The van der Waals surface area contributed by atoms with Gasteiger partial charge in [-0.05, 0) is 12.1 Å². The molecule has 3 rings (SSSR count). The molecule has 0 bridgehead atoms. The number of carbonyl (C=O) groups excluding carboxylic acids is 1. The third kappa shape index (κ3) is 2.77. The summed E-state index contributed by atoms with van der Waals surface area (Å²) in [5.41, 5.74) is 0.355. The van der Waals surface area contributed by atoms with Crippen LogP contribution >= 0.6 is 46.4 Å². The van der Waals surface area contributed by atoms with E-state index >= 15 is 0 Å². The Morgan fingerprint density at radius 3 is 2.55 bits per heavy atom. The summed E-state index contributed by atoms with van der Waals surface area (Å²) in [4.78, 5) is 16.1. The Balaban J connectivity index is 1.89. The van der Waals surface area contributed by atoms with Crippen molar-refractivity contribution in [3.05, 3.63) is 44.1 Å². The van der Waals surface area contributed by atoms with Crippen molar-refractivity contribution in [2.45, 2.75) is 0 Å². The van der Waals surface area contributed by atoms with E-state index in [9.17, 15) is 4.79 Å². The minimum absolute atomic E-state index is 0.00652. The number of fused-ring (bicyclic) bond motifs is 1. The SMILES string of the molecule is O=C(Nc1ccc2c(c1)OCO2)c1nc(Cl)c(Cl)c(Cl)c1Cl. The van der Waals surface area contributed by atoms with Crippen molar-refractivity contribution in [2.24, 2.45) is 0 Å². The van der Waals surface area contributed by atoms with E-state index in [-0.39, 0.29) is 32.7 Å². The zero-order valence-electron chi connectivity index (χ0n) is 10.6. The normalized spacial score (nSPS) is 12.4. The highest BCUT2D eigenvalue weighted by atomic mass is 35.5. The Morgan fingerprint density at radius 1 is 1.05 bits per heavy atom. The van der Waals surface area contributed by atoms with Gasteiger partial charge in [0.1, 0.15) is 10.8 Å². The predicted molar refractivity (Wildman–Crippen MR) is 84.8 cm³/mol. The molecule has 0 aliphatic carbocycles. The van der Waals surface area contributed by atoms with Gasteiger partial charge in [0.25, 0.3) is 5.91 Å². The van der Waals surface area contributed by atoms with Crippen molar-refractivity contribution < 1.29 is 14.3 Å². The van der Waals surface area contributed by atoms with Gasteiger partial charge in [0, 0.05) is 11.8 Å². The lowest BCUT2D eigenvalue weighted by Crippen LogP contribution is -2.14. The van der Waals surface area contributed by atoms with Crippen LogP contribution in [0.3, 0.4) is 0 Å². The molecule has 1 amide bonds. The second-order valence-electron chi connectivity index (χ2n) is 4.22. The number of rotatable bonds is 2. The van der Waals surface area contributed by atoms with Crippen LogP contribution < -0.4 is 14.8 Å². The fourth-order valence-corrected chi connectivity index (χ4v) is 2.62. The Bertz CT molecular complexity index is 782. The first-order valence-electron chi connectivity index (χ1n) is 5.88. The van der Waals surface area contributed by atoms with E-state index in [1.165, 1.54) is 0 Å². The van der Waals surface area contributed by atoms with Crippen molar-refractivity contribution in [3.63, 3.8) is 0 Å². The quantitative estimate of drug-likeness (QED) is 0.769. The van der Waals surface area contributed by atoms with Gasteiger partial charge in [-0.3, -0.25) is 4.79 Å². The van der Waals surface area contributed by atoms with E-state index in [0.717, 1.165) is 0 Å². The van der Waals surface area contributed by atoms with Gasteiger partial charge in [-0.2, -0.15) is 0 Å². The largest absolute Gasteiger partial charge is 0.454 e. The molecule has 0 saturated carbocycles. The van der Waals surface area contributed by atoms with Gasteiger partial charge < -0.3 is 14.8 Å². The monoisotopic (exact) mass is 378 g/mol. The Hall–Kier alpha value is -1.40. The van der Waals surface area contributed by atoms with E-state index in [1.54, 1.807) is 18.2 Å². The molecule has 1 aliphatic heterocycles. The number of hydrogen-bond acceptors (Lipinski definition) is 4. The molecule has 5 nitrogen and oxygen atoms in total. The van der Waals surface area contributed by atoms with E-state index in [0.29, 0.717) is 17.2 Å². The maximum absolute atomic E-state index is 12.3. The van der Waals surface area contributed by atoms with E-state index in [2.05, 4.69) is 10.3 Å². The van der Waals surface area contributed by atoms with Crippen LogP contribution in [0.1, 0.15) is 10.5 Å². The molecule has 114 valence electrons. The van der Waals surface area contributed by atoms with Crippen molar-refractivity contribution >= 4 is 58.0 Å². The van der Waals surface area contributed by atoms with Gasteiger partial charge in [0.05, 0.1) is 15.1 Å². The van der Waals surface area contributed by atoms with Crippen molar-refractivity contribution in [1.29, 1.82) is 0 Å². The zero-order valence-corrected chi connectivity index (χ0v) is 13.6. The summed E-state index contributed by atoms with van der Waals surface area (Å²) in [5, 5.41) is 2.41. The van der Waals surface area contributed by atoms with Gasteiger partial charge in [-0.15, -0.1) is 0 Å². The molecular weight excluding hydrogens is 374 g/mol. The molecule has 1 N–H and O–H groups in total. The number of anilines is 1. The van der Waals surface area contributed by atoms with Crippen molar-refractivity contribution in [3.8, 4) is 11.5 Å². The molecular formula is C13H6Cl4N2O3. The van der Waals surface area contributed by atoms with Crippen LogP contribution in [0.2, 0.25) is 20.2 Å².